The van der Waals surface area contributed by atoms with Gasteiger partial charge in [-0.05, 0) is 62.9 Å². The van der Waals surface area contributed by atoms with E-state index in [1.54, 1.807) is 43.3 Å². The van der Waals surface area contributed by atoms with Gasteiger partial charge in [0.15, 0.2) is 0 Å². The SMILES string of the molecule is CC[C@@H](C)NC(=O)c1ccccc1NC(=O)c1ccc(C)c(S(=O)(=O)N2CCCCCC2)c1. The van der Waals surface area contributed by atoms with E-state index in [9.17, 15) is 18.0 Å². The quantitative estimate of drug-likeness (QED) is 0.628. The Kier molecular flexibility index (Phi) is 8.26. The number of nitrogens with zero attached hydrogens (tertiary/aromatic N) is 1. The first kappa shape index (κ1) is 24.9. The zero-order chi connectivity index (χ0) is 24.0. The highest BCUT2D eigenvalue weighted by Gasteiger charge is 2.27. The normalized spacial score (nSPS) is 16.0. The van der Waals surface area contributed by atoms with Gasteiger partial charge < -0.3 is 10.6 Å². The number of hydrogen-bond donors (Lipinski definition) is 2. The minimum absolute atomic E-state index is 0.00473. The van der Waals surface area contributed by atoms with Crippen LogP contribution < -0.4 is 10.6 Å². The van der Waals surface area contributed by atoms with Crippen LogP contribution in [-0.4, -0.2) is 43.7 Å². The molecule has 0 bridgehead atoms. The summed E-state index contributed by atoms with van der Waals surface area (Å²) in [6.07, 6.45) is 4.52. The molecule has 2 N–H and O–H groups in total. The van der Waals surface area contributed by atoms with E-state index in [0.29, 0.717) is 29.9 Å². The summed E-state index contributed by atoms with van der Waals surface area (Å²) in [5.74, 6) is -0.736. The fourth-order valence-electron chi connectivity index (χ4n) is 3.83. The van der Waals surface area contributed by atoms with Gasteiger partial charge in [0.25, 0.3) is 11.8 Å². The fourth-order valence-corrected chi connectivity index (χ4v) is 5.60. The maximum Gasteiger partial charge on any atom is 0.255 e. The zero-order valence-electron chi connectivity index (χ0n) is 19.6. The number of para-hydroxylation sites is 1. The van der Waals surface area contributed by atoms with Crippen molar-refractivity contribution < 1.29 is 18.0 Å². The van der Waals surface area contributed by atoms with Crippen LogP contribution in [0.3, 0.4) is 0 Å². The number of benzene rings is 2. The predicted molar refractivity (Wildman–Crippen MR) is 130 cm³/mol. The second-order valence-corrected chi connectivity index (χ2v) is 10.5. The van der Waals surface area contributed by atoms with Gasteiger partial charge in [0.05, 0.1) is 16.1 Å². The first-order chi connectivity index (χ1) is 15.7. The minimum Gasteiger partial charge on any atom is -0.350 e. The van der Waals surface area contributed by atoms with E-state index in [0.717, 1.165) is 32.1 Å². The van der Waals surface area contributed by atoms with Crippen molar-refractivity contribution in [2.75, 3.05) is 18.4 Å². The molecule has 1 aliphatic rings. The summed E-state index contributed by atoms with van der Waals surface area (Å²) < 4.78 is 28.1. The van der Waals surface area contributed by atoms with Crippen LogP contribution in [0.1, 0.15) is 72.2 Å². The van der Waals surface area contributed by atoms with E-state index in [1.165, 1.54) is 10.4 Å². The second kappa shape index (κ2) is 10.9. The summed E-state index contributed by atoms with van der Waals surface area (Å²) in [6, 6.07) is 11.5. The lowest BCUT2D eigenvalue weighted by molar-refractivity contribution is 0.0940. The van der Waals surface area contributed by atoms with Gasteiger partial charge in [-0.15, -0.1) is 0 Å². The largest absolute Gasteiger partial charge is 0.350 e. The first-order valence-electron chi connectivity index (χ1n) is 11.6. The van der Waals surface area contributed by atoms with E-state index >= 15 is 0 Å². The van der Waals surface area contributed by atoms with Crippen molar-refractivity contribution in [2.45, 2.75) is 63.8 Å². The summed E-state index contributed by atoms with van der Waals surface area (Å²) >= 11 is 0. The molecule has 1 saturated heterocycles. The molecule has 0 saturated carbocycles. The topological polar surface area (TPSA) is 95.6 Å². The van der Waals surface area contributed by atoms with Crippen LogP contribution in [0.4, 0.5) is 5.69 Å². The van der Waals surface area contributed by atoms with E-state index in [1.807, 2.05) is 13.8 Å². The van der Waals surface area contributed by atoms with Gasteiger partial charge in [-0.1, -0.05) is 38.0 Å². The highest BCUT2D eigenvalue weighted by molar-refractivity contribution is 7.89. The molecule has 1 fully saturated rings. The number of carbonyl (C=O) groups is 2. The third-order valence-electron chi connectivity index (χ3n) is 6.04. The molecule has 2 amide bonds. The number of hydrogen-bond acceptors (Lipinski definition) is 4. The van der Waals surface area contributed by atoms with Crippen LogP contribution in [-0.2, 0) is 10.0 Å². The molecule has 0 radical (unpaired) electrons. The van der Waals surface area contributed by atoms with Gasteiger partial charge in [0.2, 0.25) is 10.0 Å². The molecule has 1 atom stereocenters. The van der Waals surface area contributed by atoms with Gasteiger partial charge >= 0.3 is 0 Å². The number of rotatable bonds is 7. The van der Waals surface area contributed by atoms with Crippen molar-refractivity contribution in [3.8, 4) is 0 Å². The van der Waals surface area contributed by atoms with Crippen molar-refractivity contribution in [3.05, 3.63) is 59.2 Å². The summed E-state index contributed by atoms with van der Waals surface area (Å²) in [5.41, 5.74) is 1.56. The molecule has 0 unspecified atom stereocenters. The van der Waals surface area contributed by atoms with E-state index in [4.69, 9.17) is 0 Å². The van der Waals surface area contributed by atoms with Crippen LogP contribution in [0.2, 0.25) is 0 Å². The van der Waals surface area contributed by atoms with Crippen LogP contribution in [0.5, 0.6) is 0 Å². The Bertz CT molecular complexity index is 1110. The van der Waals surface area contributed by atoms with Gasteiger partial charge in [0, 0.05) is 24.7 Å². The van der Waals surface area contributed by atoms with Gasteiger partial charge in [-0.25, -0.2) is 8.42 Å². The molecular weight excluding hydrogens is 438 g/mol. The van der Waals surface area contributed by atoms with E-state index < -0.39 is 15.9 Å². The molecule has 33 heavy (non-hydrogen) atoms. The van der Waals surface area contributed by atoms with Crippen LogP contribution in [0, 0.1) is 6.92 Å². The molecule has 3 rings (SSSR count). The third kappa shape index (κ3) is 6.00. The first-order valence-corrected chi connectivity index (χ1v) is 13.0. The Morgan fingerprint density at radius 2 is 1.67 bits per heavy atom. The molecule has 0 spiro atoms. The van der Waals surface area contributed by atoms with Crippen molar-refractivity contribution in [1.29, 1.82) is 0 Å². The van der Waals surface area contributed by atoms with Crippen molar-refractivity contribution >= 4 is 27.5 Å². The Morgan fingerprint density at radius 1 is 1.00 bits per heavy atom. The highest BCUT2D eigenvalue weighted by atomic mass is 32.2. The molecule has 2 aromatic carbocycles. The minimum atomic E-state index is -3.69. The average Bonchev–Trinajstić information content (AvgIpc) is 3.09. The number of anilines is 1. The summed E-state index contributed by atoms with van der Waals surface area (Å²) in [5, 5.41) is 5.68. The fraction of sp³-hybridized carbons (Fsp3) is 0.440. The van der Waals surface area contributed by atoms with Crippen LogP contribution in [0.15, 0.2) is 47.4 Å². The number of carbonyl (C=O) groups excluding carboxylic acids is 2. The smallest absolute Gasteiger partial charge is 0.255 e. The molecule has 8 heteroatoms. The Labute approximate surface area is 196 Å². The molecule has 178 valence electrons. The lowest BCUT2D eigenvalue weighted by Gasteiger charge is -2.21. The summed E-state index contributed by atoms with van der Waals surface area (Å²) in [7, 11) is -3.69. The Hall–Kier alpha value is -2.71. The van der Waals surface area contributed by atoms with Crippen molar-refractivity contribution in [1.82, 2.24) is 9.62 Å². The van der Waals surface area contributed by atoms with Crippen molar-refractivity contribution in [2.24, 2.45) is 0 Å². The van der Waals surface area contributed by atoms with Crippen LogP contribution >= 0.6 is 0 Å². The standard InChI is InChI=1S/C25H33N3O4S/c1-4-19(3)26-25(30)21-11-7-8-12-22(21)27-24(29)20-14-13-18(2)23(17-20)33(31,32)28-15-9-5-6-10-16-28/h7-8,11-14,17,19H,4-6,9-10,15-16H2,1-3H3,(H,26,30)(H,27,29)/t19-/m1/s1. The molecule has 7 nitrogen and oxygen atoms in total. The lowest BCUT2D eigenvalue weighted by atomic mass is 10.1. The molecule has 1 heterocycles. The highest BCUT2D eigenvalue weighted by Crippen LogP contribution is 2.25. The second-order valence-electron chi connectivity index (χ2n) is 8.58. The number of sulfonamides is 1. The predicted octanol–water partition coefficient (Wildman–Crippen LogP) is 4.34. The van der Waals surface area contributed by atoms with Crippen molar-refractivity contribution in [3.63, 3.8) is 0 Å². The van der Waals surface area contributed by atoms with Gasteiger partial charge in [0.1, 0.15) is 0 Å². The monoisotopic (exact) mass is 471 g/mol. The number of amides is 2. The lowest BCUT2D eigenvalue weighted by Crippen LogP contribution is -2.33. The Balaban J connectivity index is 1.86. The maximum absolute atomic E-state index is 13.3. The molecular formula is C25H33N3O4S. The Morgan fingerprint density at radius 3 is 2.33 bits per heavy atom. The number of nitrogens with one attached hydrogen (secondary N) is 2. The molecule has 0 aliphatic carbocycles. The summed E-state index contributed by atoms with van der Waals surface area (Å²) in [6.45, 7) is 6.62. The van der Waals surface area contributed by atoms with E-state index in [-0.39, 0.29) is 22.4 Å². The third-order valence-corrected chi connectivity index (χ3v) is 8.08. The molecule has 1 aliphatic heterocycles. The number of aryl methyl sites for hydroxylation is 1. The average molecular weight is 472 g/mol. The zero-order valence-corrected chi connectivity index (χ0v) is 20.4. The maximum atomic E-state index is 13.3. The van der Waals surface area contributed by atoms with Gasteiger partial charge in [-0.2, -0.15) is 4.31 Å². The van der Waals surface area contributed by atoms with Crippen LogP contribution in [0.25, 0.3) is 0 Å². The molecule has 2 aromatic rings. The molecule has 0 aromatic heterocycles. The summed E-state index contributed by atoms with van der Waals surface area (Å²) in [4.78, 5) is 25.8. The van der Waals surface area contributed by atoms with Gasteiger partial charge in [-0.3, -0.25) is 9.59 Å². The van der Waals surface area contributed by atoms with E-state index in [2.05, 4.69) is 10.6 Å².